The van der Waals surface area contributed by atoms with Gasteiger partial charge in [0.2, 0.25) is 5.13 Å². The van der Waals surface area contributed by atoms with E-state index in [1.165, 1.54) is 16.8 Å². The minimum Gasteiger partial charge on any atom is -0.368 e. The lowest BCUT2D eigenvalue weighted by Gasteiger charge is -2.11. The molecule has 0 bridgehead atoms. The van der Waals surface area contributed by atoms with Crippen molar-refractivity contribution >= 4 is 34.0 Å². The summed E-state index contributed by atoms with van der Waals surface area (Å²) in [5.41, 5.74) is 2.53. The van der Waals surface area contributed by atoms with Crippen LogP contribution in [0.5, 0.6) is 0 Å². The lowest BCUT2D eigenvalue weighted by Crippen LogP contribution is -2.27. The van der Waals surface area contributed by atoms with Gasteiger partial charge < -0.3 is 10.1 Å². The van der Waals surface area contributed by atoms with Gasteiger partial charge in [0.1, 0.15) is 11.6 Å². The number of hydrogen-bond acceptors (Lipinski definition) is 6. The molecule has 2 amide bonds. The molecule has 1 aliphatic rings. The third kappa shape index (κ3) is 3.46. The number of benzene rings is 1. The Labute approximate surface area is 130 Å². The largest absolute Gasteiger partial charge is 0.368 e. The van der Waals surface area contributed by atoms with E-state index in [9.17, 15) is 9.59 Å². The van der Waals surface area contributed by atoms with E-state index >= 15 is 0 Å². The highest BCUT2D eigenvalue weighted by Gasteiger charge is 2.23. The Hall–Kier alpha value is -2.32. The monoisotopic (exact) mass is 318 g/mol. The highest BCUT2D eigenvalue weighted by Crippen LogP contribution is 2.17. The maximum Gasteiger partial charge on any atom is 0.257 e. The van der Waals surface area contributed by atoms with Crippen LogP contribution in [0, 0.1) is 0 Å². The molecule has 1 saturated heterocycles. The lowest BCUT2D eigenvalue weighted by molar-refractivity contribution is -0.124. The molecule has 2 N–H and O–H groups in total. The fraction of sp³-hybridized carbons (Fsp3) is 0.286. The summed E-state index contributed by atoms with van der Waals surface area (Å²) in [6.45, 7) is 0.613. The van der Waals surface area contributed by atoms with Gasteiger partial charge in [-0.2, -0.15) is 0 Å². The molecular weight excluding hydrogens is 304 g/mol. The fourth-order valence-corrected chi connectivity index (χ4v) is 2.58. The normalized spacial score (nSPS) is 17.2. The average Bonchev–Trinajstić information content (AvgIpc) is 3.21. The van der Waals surface area contributed by atoms with Crippen LogP contribution in [0.2, 0.25) is 0 Å². The number of carbonyl (C=O) groups excluding carboxylic acids is 2. The molecular formula is C14H14N4O3S. The van der Waals surface area contributed by atoms with Crippen LogP contribution in [0.1, 0.15) is 23.2 Å². The number of nitrogens with zero attached hydrogens (tertiary/aromatic N) is 2. The second kappa shape index (κ2) is 6.63. The number of amides is 2. The van der Waals surface area contributed by atoms with Crippen LogP contribution in [0.3, 0.4) is 0 Å². The minimum absolute atomic E-state index is 0.181. The van der Waals surface area contributed by atoms with Crippen molar-refractivity contribution in [1.29, 1.82) is 0 Å². The van der Waals surface area contributed by atoms with Crippen molar-refractivity contribution in [3.63, 3.8) is 0 Å². The van der Waals surface area contributed by atoms with Crippen LogP contribution in [0.25, 0.3) is 0 Å². The molecule has 0 aliphatic carbocycles. The number of carbonyl (C=O) groups is 2. The van der Waals surface area contributed by atoms with Crippen LogP contribution in [-0.2, 0) is 9.53 Å². The fourth-order valence-electron chi connectivity index (χ4n) is 2.14. The zero-order chi connectivity index (χ0) is 15.4. The van der Waals surface area contributed by atoms with Gasteiger partial charge in [0.15, 0.2) is 0 Å². The number of hydrogen-bond donors (Lipinski definition) is 2. The van der Waals surface area contributed by atoms with E-state index in [0.29, 0.717) is 23.0 Å². The molecule has 0 spiro atoms. The van der Waals surface area contributed by atoms with Crippen molar-refractivity contribution in [2.24, 2.45) is 0 Å². The lowest BCUT2D eigenvalue weighted by atomic mass is 10.1. The van der Waals surface area contributed by atoms with Gasteiger partial charge in [-0.3, -0.25) is 14.9 Å². The van der Waals surface area contributed by atoms with E-state index in [4.69, 9.17) is 4.74 Å². The SMILES string of the molecule is O=C(Nc1nncs1)c1cccc(NC(=O)[C@H]2CCCO2)c1. The molecule has 1 aliphatic heterocycles. The van der Waals surface area contributed by atoms with E-state index in [2.05, 4.69) is 20.8 Å². The summed E-state index contributed by atoms with van der Waals surface area (Å²) in [6.07, 6.45) is 1.21. The van der Waals surface area contributed by atoms with Crippen molar-refractivity contribution in [3.8, 4) is 0 Å². The molecule has 1 atom stereocenters. The van der Waals surface area contributed by atoms with Crippen molar-refractivity contribution in [3.05, 3.63) is 35.3 Å². The molecule has 22 heavy (non-hydrogen) atoms. The molecule has 3 rings (SSSR count). The topological polar surface area (TPSA) is 93.2 Å². The molecule has 0 unspecified atom stereocenters. The molecule has 1 fully saturated rings. The molecule has 2 heterocycles. The summed E-state index contributed by atoms with van der Waals surface area (Å²) >= 11 is 1.24. The Balaban J connectivity index is 1.66. The van der Waals surface area contributed by atoms with Gasteiger partial charge in [0, 0.05) is 17.9 Å². The highest BCUT2D eigenvalue weighted by atomic mass is 32.1. The Kier molecular flexibility index (Phi) is 4.40. The summed E-state index contributed by atoms with van der Waals surface area (Å²) in [7, 11) is 0. The second-order valence-corrected chi connectivity index (χ2v) is 5.60. The maximum absolute atomic E-state index is 12.1. The van der Waals surface area contributed by atoms with Crippen molar-refractivity contribution in [2.45, 2.75) is 18.9 Å². The number of ether oxygens (including phenoxy) is 1. The maximum atomic E-state index is 12.1. The van der Waals surface area contributed by atoms with Crippen molar-refractivity contribution in [2.75, 3.05) is 17.2 Å². The summed E-state index contributed by atoms with van der Waals surface area (Å²) in [5.74, 6) is -0.482. The van der Waals surface area contributed by atoms with Gasteiger partial charge in [-0.1, -0.05) is 17.4 Å². The predicted molar refractivity (Wildman–Crippen MR) is 81.9 cm³/mol. The molecule has 114 valence electrons. The first-order valence-electron chi connectivity index (χ1n) is 6.82. The van der Waals surface area contributed by atoms with E-state index in [-0.39, 0.29) is 11.8 Å². The second-order valence-electron chi connectivity index (χ2n) is 4.77. The summed E-state index contributed by atoms with van der Waals surface area (Å²) in [6, 6.07) is 6.72. The van der Waals surface area contributed by atoms with E-state index in [0.717, 1.165) is 12.8 Å². The number of rotatable bonds is 4. The van der Waals surface area contributed by atoms with E-state index in [1.54, 1.807) is 24.3 Å². The molecule has 1 aromatic carbocycles. The Morgan fingerprint density at radius 1 is 1.32 bits per heavy atom. The summed E-state index contributed by atoms with van der Waals surface area (Å²) in [5, 5.41) is 13.2. The molecule has 1 aromatic heterocycles. The molecule has 0 radical (unpaired) electrons. The number of anilines is 2. The standard InChI is InChI=1S/C14H14N4O3S/c19-12(17-14-18-15-8-22-14)9-3-1-4-10(7-9)16-13(20)11-5-2-6-21-11/h1,3-4,7-8,11H,2,5-6H2,(H,16,20)(H,17,18,19)/t11-/m1/s1. The predicted octanol–water partition coefficient (Wildman–Crippen LogP) is 1.91. The first kappa shape index (κ1) is 14.6. The summed E-state index contributed by atoms with van der Waals surface area (Å²) < 4.78 is 5.33. The van der Waals surface area contributed by atoms with E-state index < -0.39 is 6.10 Å². The smallest absolute Gasteiger partial charge is 0.257 e. The Morgan fingerprint density at radius 2 is 2.23 bits per heavy atom. The summed E-state index contributed by atoms with van der Waals surface area (Å²) in [4.78, 5) is 24.1. The molecule has 7 nitrogen and oxygen atoms in total. The van der Waals surface area contributed by atoms with Gasteiger partial charge in [0.25, 0.3) is 11.8 Å². The van der Waals surface area contributed by atoms with Gasteiger partial charge in [-0.05, 0) is 31.0 Å². The first-order chi connectivity index (χ1) is 10.7. The molecule has 0 saturated carbocycles. The van der Waals surface area contributed by atoms with Crippen LogP contribution in [-0.4, -0.2) is 34.7 Å². The number of nitrogens with one attached hydrogen (secondary N) is 2. The highest BCUT2D eigenvalue weighted by molar-refractivity contribution is 7.13. The number of aromatic nitrogens is 2. The van der Waals surface area contributed by atoms with Crippen LogP contribution in [0.4, 0.5) is 10.8 Å². The first-order valence-corrected chi connectivity index (χ1v) is 7.70. The van der Waals surface area contributed by atoms with Crippen LogP contribution < -0.4 is 10.6 Å². The molecule has 2 aromatic rings. The quantitative estimate of drug-likeness (QED) is 0.898. The zero-order valence-electron chi connectivity index (χ0n) is 11.6. The third-order valence-corrected chi connectivity index (χ3v) is 3.80. The van der Waals surface area contributed by atoms with Gasteiger partial charge in [0.05, 0.1) is 0 Å². The third-order valence-electron chi connectivity index (χ3n) is 3.19. The molecule has 8 heteroatoms. The Bertz CT molecular complexity index is 668. The van der Waals surface area contributed by atoms with Gasteiger partial charge in [-0.15, -0.1) is 10.2 Å². The Morgan fingerprint density at radius 3 is 2.95 bits per heavy atom. The van der Waals surface area contributed by atoms with E-state index in [1.807, 2.05) is 0 Å². The van der Waals surface area contributed by atoms with Gasteiger partial charge in [-0.25, -0.2) is 0 Å². The average molecular weight is 318 g/mol. The van der Waals surface area contributed by atoms with Crippen LogP contribution >= 0.6 is 11.3 Å². The van der Waals surface area contributed by atoms with Crippen molar-refractivity contribution < 1.29 is 14.3 Å². The van der Waals surface area contributed by atoms with Gasteiger partial charge >= 0.3 is 0 Å². The van der Waals surface area contributed by atoms with Crippen molar-refractivity contribution in [1.82, 2.24) is 10.2 Å². The zero-order valence-corrected chi connectivity index (χ0v) is 12.4. The van der Waals surface area contributed by atoms with Crippen LogP contribution in [0.15, 0.2) is 29.8 Å². The minimum atomic E-state index is -0.404.